The van der Waals surface area contributed by atoms with Gasteiger partial charge in [-0.2, -0.15) is 13.2 Å². The summed E-state index contributed by atoms with van der Waals surface area (Å²) >= 11 is 0. The second-order valence-electron chi connectivity index (χ2n) is 5.45. The highest BCUT2D eigenvalue weighted by Gasteiger charge is 2.30. The molecule has 0 aliphatic heterocycles. The van der Waals surface area contributed by atoms with Crippen LogP contribution in [0, 0.1) is 11.6 Å². The third kappa shape index (κ3) is 5.17. The summed E-state index contributed by atoms with van der Waals surface area (Å²) in [6.07, 6.45) is -4.46. The topological polar surface area (TPSA) is 32.3 Å². The number of urea groups is 1. The van der Waals surface area contributed by atoms with E-state index in [0.717, 1.165) is 23.1 Å². The van der Waals surface area contributed by atoms with Gasteiger partial charge < -0.3 is 10.2 Å². The van der Waals surface area contributed by atoms with Gasteiger partial charge in [0.1, 0.15) is 11.6 Å². The number of benzene rings is 2. The number of carbonyl (C=O) groups is 1. The smallest absolute Gasteiger partial charge is 0.334 e. The number of alkyl halides is 3. The second kappa shape index (κ2) is 7.50. The Kier molecular flexibility index (Phi) is 5.61. The van der Waals surface area contributed by atoms with E-state index in [9.17, 15) is 26.7 Å². The van der Waals surface area contributed by atoms with Crippen molar-refractivity contribution in [2.45, 2.75) is 19.3 Å². The van der Waals surface area contributed by atoms with Gasteiger partial charge in [-0.3, -0.25) is 0 Å². The SMILES string of the molecule is CN(Cc1ccc(F)cc1F)C(=O)NCc1cccc(C(F)(F)F)c1. The highest BCUT2D eigenvalue weighted by Crippen LogP contribution is 2.29. The van der Waals surface area contributed by atoms with E-state index in [-0.39, 0.29) is 24.2 Å². The van der Waals surface area contributed by atoms with Crippen molar-refractivity contribution in [2.75, 3.05) is 7.05 Å². The molecule has 0 saturated heterocycles. The molecule has 0 saturated carbocycles. The monoisotopic (exact) mass is 358 g/mol. The first-order chi connectivity index (χ1) is 11.7. The van der Waals surface area contributed by atoms with Crippen LogP contribution in [0.25, 0.3) is 0 Å². The Labute approximate surface area is 141 Å². The molecule has 2 aromatic carbocycles. The van der Waals surface area contributed by atoms with Crippen LogP contribution in [-0.2, 0) is 19.3 Å². The van der Waals surface area contributed by atoms with Gasteiger partial charge in [0.25, 0.3) is 0 Å². The van der Waals surface area contributed by atoms with Gasteiger partial charge in [0.05, 0.1) is 5.56 Å². The van der Waals surface area contributed by atoms with Gasteiger partial charge in [0.2, 0.25) is 0 Å². The number of carbonyl (C=O) groups excluding carboxylic acids is 1. The summed E-state index contributed by atoms with van der Waals surface area (Å²) in [5.41, 5.74) is -0.399. The average molecular weight is 358 g/mol. The lowest BCUT2D eigenvalue weighted by Crippen LogP contribution is -2.36. The van der Waals surface area contributed by atoms with Crippen LogP contribution in [0.4, 0.5) is 26.7 Å². The molecule has 1 N–H and O–H groups in total. The molecule has 0 fully saturated rings. The molecule has 134 valence electrons. The molecule has 3 nitrogen and oxygen atoms in total. The van der Waals surface area contributed by atoms with Crippen LogP contribution in [0.3, 0.4) is 0 Å². The van der Waals surface area contributed by atoms with Gasteiger partial charge in [-0.1, -0.05) is 18.2 Å². The Bertz CT molecular complexity index is 761. The molecule has 8 heteroatoms. The zero-order valence-electron chi connectivity index (χ0n) is 13.2. The second-order valence-corrected chi connectivity index (χ2v) is 5.45. The molecule has 0 heterocycles. The van der Waals surface area contributed by atoms with E-state index in [0.29, 0.717) is 6.07 Å². The number of nitrogens with zero attached hydrogens (tertiary/aromatic N) is 1. The van der Waals surface area contributed by atoms with E-state index in [2.05, 4.69) is 5.32 Å². The summed E-state index contributed by atoms with van der Waals surface area (Å²) in [5.74, 6) is -1.50. The van der Waals surface area contributed by atoms with Crippen molar-refractivity contribution in [3.63, 3.8) is 0 Å². The van der Waals surface area contributed by atoms with Crippen LogP contribution in [0.15, 0.2) is 42.5 Å². The van der Waals surface area contributed by atoms with Crippen LogP contribution in [0.5, 0.6) is 0 Å². The predicted molar refractivity (Wildman–Crippen MR) is 81.5 cm³/mol. The van der Waals surface area contributed by atoms with Crippen molar-refractivity contribution in [3.05, 3.63) is 70.8 Å². The van der Waals surface area contributed by atoms with Crippen molar-refractivity contribution < 1.29 is 26.7 Å². The molecular formula is C17H15F5N2O. The number of halogens is 5. The molecule has 0 aliphatic rings. The zero-order valence-corrected chi connectivity index (χ0v) is 13.2. The maximum atomic E-state index is 13.6. The highest BCUT2D eigenvalue weighted by atomic mass is 19.4. The molecule has 0 atom stereocenters. The third-order valence-corrected chi connectivity index (χ3v) is 3.47. The summed E-state index contributed by atoms with van der Waals surface area (Å²) in [4.78, 5) is 13.1. The van der Waals surface area contributed by atoms with Gasteiger partial charge in [-0.25, -0.2) is 13.6 Å². The number of rotatable bonds is 4. The summed E-state index contributed by atoms with van der Waals surface area (Å²) in [5, 5.41) is 2.45. The van der Waals surface area contributed by atoms with Gasteiger partial charge in [-0.15, -0.1) is 0 Å². The lowest BCUT2D eigenvalue weighted by molar-refractivity contribution is -0.137. The van der Waals surface area contributed by atoms with Crippen LogP contribution < -0.4 is 5.32 Å². The van der Waals surface area contributed by atoms with E-state index in [4.69, 9.17) is 0 Å². The quantitative estimate of drug-likeness (QED) is 0.811. The first-order valence-corrected chi connectivity index (χ1v) is 7.26. The number of nitrogens with one attached hydrogen (secondary N) is 1. The maximum absolute atomic E-state index is 13.6. The van der Waals surface area contributed by atoms with Crippen molar-refractivity contribution in [1.29, 1.82) is 0 Å². The molecule has 0 spiro atoms. The van der Waals surface area contributed by atoms with Crippen LogP contribution in [-0.4, -0.2) is 18.0 Å². The molecule has 0 unspecified atom stereocenters. The van der Waals surface area contributed by atoms with Crippen molar-refractivity contribution in [2.24, 2.45) is 0 Å². The van der Waals surface area contributed by atoms with Gasteiger partial charge in [-0.05, 0) is 23.8 Å². The largest absolute Gasteiger partial charge is 0.416 e. The Hall–Kier alpha value is -2.64. The molecule has 2 aromatic rings. The van der Waals surface area contributed by atoms with Gasteiger partial charge >= 0.3 is 12.2 Å². The maximum Gasteiger partial charge on any atom is 0.416 e. The van der Waals surface area contributed by atoms with E-state index < -0.39 is 29.4 Å². The van der Waals surface area contributed by atoms with Crippen molar-refractivity contribution in [3.8, 4) is 0 Å². The van der Waals surface area contributed by atoms with Crippen LogP contribution in [0.2, 0.25) is 0 Å². The molecule has 0 aromatic heterocycles. The standard InChI is InChI=1S/C17H15F5N2O/c1-24(10-12-5-6-14(18)8-15(12)19)16(25)23-9-11-3-2-4-13(7-11)17(20,21)22/h2-8H,9-10H2,1H3,(H,23,25). The molecule has 2 amide bonds. The third-order valence-electron chi connectivity index (χ3n) is 3.47. The number of hydrogen-bond donors (Lipinski definition) is 1. The molecule has 0 aliphatic carbocycles. The minimum absolute atomic E-state index is 0.111. The fraction of sp³-hybridized carbons (Fsp3) is 0.235. The van der Waals surface area contributed by atoms with Crippen molar-refractivity contribution in [1.82, 2.24) is 10.2 Å². The fourth-order valence-corrected chi connectivity index (χ4v) is 2.15. The normalized spacial score (nSPS) is 11.3. The summed E-state index contributed by atoms with van der Waals surface area (Å²) in [6.45, 7) is -0.223. The molecule has 25 heavy (non-hydrogen) atoms. The lowest BCUT2D eigenvalue weighted by atomic mass is 10.1. The number of hydrogen-bond acceptors (Lipinski definition) is 1. The average Bonchev–Trinajstić information content (AvgIpc) is 2.54. The Balaban J connectivity index is 1.95. The Morgan fingerprint density at radius 2 is 1.84 bits per heavy atom. The lowest BCUT2D eigenvalue weighted by Gasteiger charge is -2.18. The van der Waals surface area contributed by atoms with Crippen LogP contribution in [0.1, 0.15) is 16.7 Å². The summed E-state index contributed by atoms with van der Waals surface area (Å²) in [6, 6.07) is 7.00. The van der Waals surface area contributed by atoms with E-state index >= 15 is 0 Å². The fourth-order valence-electron chi connectivity index (χ4n) is 2.15. The van der Waals surface area contributed by atoms with Gasteiger partial charge in [0, 0.05) is 31.8 Å². The molecular weight excluding hydrogens is 343 g/mol. The zero-order chi connectivity index (χ0) is 18.6. The molecule has 2 rings (SSSR count). The molecule has 0 bridgehead atoms. The van der Waals surface area contributed by atoms with E-state index in [1.807, 2.05) is 0 Å². The summed E-state index contributed by atoms with van der Waals surface area (Å²) < 4.78 is 64.4. The Morgan fingerprint density at radius 3 is 2.48 bits per heavy atom. The molecule has 0 radical (unpaired) electrons. The first-order valence-electron chi connectivity index (χ1n) is 7.26. The predicted octanol–water partition coefficient (Wildman–Crippen LogP) is 4.33. The first kappa shape index (κ1) is 18.7. The minimum Gasteiger partial charge on any atom is -0.334 e. The van der Waals surface area contributed by atoms with Gasteiger partial charge in [0.15, 0.2) is 0 Å². The van der Waals surface area contributed by atoms with E-state index in [1.54, 1.807) is 0 Å². The summed E-state index contributed by atoms with van der Waals surface area (Å²) in [7, 11) is 1.39. The number of amides is 2. The van der Waals surface area contributed by atoms with Crippen LogP contribution >= 0.6 is 0 Å². The highest BCUT2D eigenvalue weighted by molar-refractivity contribution is 5.73. The van der Waals surface area contributed by atoms with Crippen molar-refractivity contribution >= 4 is 6.03 Å². The minimum atomic E-state index is -4.46. The van der Waals surface area contributed by atoms with E-state index in [1.165, 1.54) is 25.2 Å². The Morgan fingerprint density at radius 1 is 1.12 bits per heavy atom.